The average molecular weight is 231 g/mol. The van der Waals surface area contributed by atoms with E-state index in [1.165, 1.54) is 6.92 Å². The Kier molecular flexibility index (Phi) is 2.87. The van der Waals surface area contributed by atoms with Crippen molar-refractivity contribution in [2.24, 2.45) is 0 Å². The molecule has 17 heavy (non-hydrogen) atoms. The van der Waals surface area contributed by atoms with Crippen molar-refractivity contribution in [1.29, 1.82) is 0 Å². The standard InChI is InChI=1S/C13H13NO3/c1-8(13(16)17)14-12-10-5-3-2-4-9(10)6-7-11(12)15/h2-8,14-15H,1H3,(H,16,17)/t8-/m0/s1. The Bertz CT molecular complexity index is 566. The lowest BCUT2D eigenvalue weighted by Gasteiger charge is -2.14. The first-order valence-corrected chi connectivity index (χ1v) is 5.29. The second kappa shape index (κ2) is 4.33. The smallest absolute Gasteiger partial charge is 0.325 e. The van der Waals surface area contributed by atoms with Gasteiger partial charge < -0.3 is 15.5 Å². The van der Waals surface area contributed by atoms with Gasteiger partial charge in [-0.1, -0.05) is 30.3 Å². The molecule has 3 N–H and O–H groups in total. The highest BCUT2D eigenvalue weighted by Crippen LogP contribution is 2.32. The molecule has 0 saturated carbocycles. The van der Waals surface area contributed by atoms with Crippen LogP contribution in [0.15, 0.2) is 36.4 Å². The molecule has 4 nitrogen and oxygen atoms in total. The highest BCUT2D eigenvalue weighted by atomic mass is 16.4. The quantitative estimate of drug-likeness (QED) is 0.709. The molecule has 2 rings (SSSR count). The van der Waals surface area contributed by atoms with Crippen LogP contribution in [0.4, 0.5) is 5.69 Å². The molecule has 2 aromatic carbocycles. The molecule has 0 heterocycles. The van der Waals surface area contributed by atoms with Gasteiger partial charge in [-0.2, -0.15) is 0 Å². The summed E-state index contributed by atoms with van der Waals surface area (Å²) >= 11 is 0. The number of phenols is 1. The van der Waals surface area contributed by atoms with Gasteiger partial charge in [0, 0.05) is 5.39 Å². The number of nitrogens with one attached hydrogen (secondary N) is 1. The third-order valence-electron chi connectivity index (χ3n) is 2.64. The number of carbonyl (C=O) groups is 1. The minimum atomic E-state index is -0.961. The predicted molar refractivity (Wildman–Crippen MR) is 66.3 cm³/mol. The molecular formula is C13H13NO3. The summed E-state index contributed by atoms with van der Waals surface area (Å²) in [6.07, 6.45) is 0. The van der Waals surface area contributed by atoms with E-state index in [4.69, 9.17) is 5.11 Å². The lowest BCUT2D eigenvalue weighted by Crippen LogP contribution is -2.25. The van der Waals surface area contributed by atoms with Crippen molar-refractivity contribution in [2.45, 2.75) is 13.0 Å². The number of hydrogen-bond acceptors (Lipinski definition) is 3. The summed E-state index contributed by atoms with van der Waals surface area (Å²) in [4.78, 5) is 10.8. The molecule has 2 aromatic rings. The summed E-state index contributed by atoms with van der Waals surface area (Å²) in [5.74, 6) is -0.908. The van der Waals surface area contributed by atoms with Crippen LogP contribution in [0, 0.1) is 0 Å². The van der Waals surface area contributed by atoms with E-state index >= 15 is 0 Å². The Morgan fingerprint density at radius 3 is 2.65 bits per heavy atom. The number of hydrogen-bond donors (Lipinski definition) is 3. The van der Waals surface area contributed by atoms with E-state index in [2.05, 4.69) is 5.32 Å². The fourth-order valence-corrected chi connectivity index (χ4v) is 1.69. The van der Waals surface area contributed by atoms with Crippen LogP contribution in [0.5, 0.6) is 5.75 Å². The Labute approximate surface area is 98.5 Å². The van der Waals surface area contributed by atoms with Crippen molar-refractivity contribution in [3.8, 4) is 5.75 Å². The van der Waals surface area contributed by atoms with Crippen molar-refractivity contribution < 1.29 is 15.0 Å². The normalized spacial score (nSPS) is 12.3. The first kappa shape index (κ1) is 11.3. The molecule has 0 aliphatic heterocycles. The number of carboxylic acids is 1. The Balaban J connectivity index is 2.51. The average Bonchev–Trinajstić information content (AvgIpc) is 2.32. The van der Waals surface area contributed by atoms with E-state index in [1.54, 1.807) is 12.1 Å². The summed E-state index contributed by atoms with van der Waals surface area (Å²) in [7, 11) is 0. The van der Waals surface area contributed by atoms with Crippen LogP contribution < -0.4 is 5.32 Å². The molecule has 0 radical (unpaired) electrons. The minimum absolute atomic E-state index is 0.0526. The highest BCUT2D eigenvalue weighted by molar-refractivity contribution is 5.98. The van der Waals surface area contributed by atoms with Crippen LogP contribution in [-0.4, -0.2) is 22.2 Å². The molecule has 0 saturated heterocycles. The van der Waals surface area contributed by atoms with Crippen LogP contribution in [-0.2, 0) is 4.79 Å². The van der Waals surface area contributed by atoms with Crippen molar-refractivity contribution in [3.05, 3.63) is 36.4 Å². The van der Waals surface area contributed by atoms with Crippen molar-refractivity contribution in [1.82, 2.24) is 0 Å². The second-order valence-corrected chi connectivity index (χ2v) is 3.89. The molecule has 0 bridgehead atoms. The lowest BCUT2D eigenvalue weighted by molar-refractivity contribution is -0.137. The number of carboxylic acid groups (broad SMARTS) is 1. The third-order valence-corrected chi connectivity index (χ3v) is 2.64. The fourth-order valence-electron chi connectivity index (χ4n) is 1.69. The molecule has 0 spiro atoms. The highest BCUT2D eigenvalue weighted by Gasteiger charge is 2.14. The Hall–Kier alpha value is -2.23. The van der Waals surface area contributed by atoms with Gasteiger partial charge in [0.15, 0.2) is 0 Å². The summed E-state index contributed by atoms with van der Waals surface area (Å²) in [5.41, 5.74) is 0.456. The third kappa shape index (κ3) is 2.15. The van der Waals surface area contributed by atoms with E-state index in [9.17, 15) is 9.90 Å². The van der Waals surface area contributed by atoms with Gasteiger partial charge in [0.1, 0.15) is 11.8 Å². The summed E-state index contributed by atoms with van der Waals surface area (Å²) in [6.45, 7) is 1.53. The molecule has 0 amide bonds. The number of anilines is 1. The van der Waals surface area contributed by atoms with Crippen molar-refractivity contribution in [3.63, 3.8) is 0 Å². The number of benzene rings is 2. The van der Waals surface area contributed by atoms with Gasteiger partial charge >= 0.3 is 5.97 Å². The fraction of sp³-hybridized carbons (Fsp3) is 0.154. The molecule has 4 heteroatoms. The zero-order valence-electron chi connectivity index (χ0n) is 9.34. The van der Waals surface area contributed by atoms with E-state index in [0.29, 0.717) is 5.69 Å². The summed E-state index contributed by atoms with van der Waals surface area (Å²) in [6, 6.07) is 10.1. The first-order chi connectivity index (χ1) is 8.09. The molecule has 0 aromatic heterocycles. The molecule has 0 unspecified atom stereocenters. The van der Waals surface area contributed by atoms with E-state index in [1.807, 2.05) is 24.3 Å². The van der Waals surface area contributed by atoms with Gasteiger partial charge in [0.05, 0.1) is 5.69 Å². The van der Waals surface area contributed by atoms with E-state index in [0.717, 1.165) is 10.8 Å². The van der Waals surface area contributed by atoms with Crippen molar-refractivity contribution in [2.75, 3.05) is 5.32 Å². The first-order valence-electron chi connectivity index (χ1n) is 5.29. The van der Waals surface area contributed by atoms with Crippen molar-refractivity contribution >= 4 is 22.4 Å². The minimum Gasteiger partial charge on any atom is -0.506 e. The lowest BCUT2D eigenvalue weighted by atomic mass is 10.1. The molecular weight excluding hydrogens is 218 g/mol. The van der Waals surface area contributed by atoms with Crippen LogP contribution in [0.1, 0.15) is 6.92 Å². The van der Waals surface area contributed by atoms with Gasteiger partial charge in [-0.25, -0.2) is 0 Å². The molecule has 0 aliphatic carbocycles. The molecule has 88 valence electrons. The zero-order valence-corrected chi connectivity index (χ0v) is 9.34. The SMILES string of the molecule is C[C@H](Nc1c(O)ccc2ccccc12)C(=O)O. The van der Waals surface area contributed by atoms with E-state index < -0.39 is 12.0 Å². The zero-order chi connectivity index (χ0) is 12.4. The predicted octanol–water partition coefficient (Wildman–Crippen LogP) is 2.43. The number of aliphatic carboxylic acids is 1. The monoisotopic (exact) mass is 231 g/mol. The van der Waals surface area contributed by atoms with E-state index in [-0.39, 0.29) is 5.75 Å². The number of aromatic hydroxyl groups is 1. The number of phenolic OH excluding ortho intramolecular Hbond substituents is 1. The summed E-state index contributed by atoms with van der Waals surface area (Å²) in [5, 5.41) is 23.2. The van der Waals surface area contributed by atoms with Gasteiger partial charge in [0.2, 0.25) is 0 Å². The summed E-state index contributed by atoms with van der Waals surface area (Å²) < 4.78 is 0. The van der Waals surface area contributed by atoms with Gasteiger partial charge in [0.25, 0.3) is 0 Å². The Morgan fingerprint density at radius 2 is 1.94 bits per heavy atom. The second-order valence-electron chi connectivity index (χ2n) is 3.89. The number of rotatable bonds is 3. The van der Waals surface area contributed by atoms with Crippen LogP contribution >= 0.6 is 0 Å². The topological polar surface area (TPSA) is 69.6 Å². The van der Waals surface area contributed by atoms with Crippen LogP contribution in [0.25, 0.3) is 10.8 Å². The largest absolute Gasteiger partial charge is 0.506 e. The molecule has 0 fully saturated rings. The van der Waals surface area contributed by atoms with Crippen LogP contribution in [0.2, 0.25) is 0 Å². The maximum atomic E-state index is 10.8. The van der Waals surface area contributed by atoms with Crippen LogP contribution in [0.3, 0.4) is 0 Å². The maximum absolute atomic E-state index is 10.8. The van der Waals surface area contributed by atoms with Gasteiger partial charge in [-0.05, 0) is 18.4 Å². The number of fused-ring (bicyclic) bond motifs is 1. The van der Waals surface area contributed by atoms with Gasteiger partial charge in [-0.3, -0.25) is 4.79 Å². The molecule has 1 atom stereocenters. The Morgan fingerprint density at radius 1 is 1.24 bits per heavy atom. The maximum Gasteiger partial charge on any atom is 0.325 e. The molecule has 0 aliphatic rings. The van der Waals surface area contributed by atoms with Gasteiger partial charge in [-0.15, -0.1) is 0 Å².